The van der Waals surface area contributed by atoms with Crippen molar-refractivity contribution in [2.75, 3.05) is 40.0 Å². The number of methoxy groups -OCH3 is 1. The Morgan fingerprint density at radius 1 is 1.20 bits per heavy atom. The zero-order valence-electron chi connectivity index (χ0n) is 22.8. The van der Waals surface area contributed by atoms with Crippen LogP contribution in [0, 0.1) is 5.82 Å². The lowest BCUT2D eigenvalue weighted by atomic mass is 10.0. The van der Waals surface area contributed by atoms with Gasteiger partial charge in [-0.15, -0.1) is 10.2 Å². The van der Waals surface area contributed by atoms with E-state index in [-0.39, 0.29) is 25.1 Å². The van der Waals surface area contributed by atoms with E-state index in [4.69, 9.17) is 14.2 Å². The Morgan fingerprint density at radius 3 is 2.65 bits per heavy atom. The monoisotopic (exact) mass is 554 g/mol. The fourth-order valence-electron chi connectivity index (χ4n) is 4.49. The molecule has 1 saturated heterocycles. The van der Waals surface area contributed by atoms with Gasteiger partial charge < -0.3 is 24.4 Å². The molecule has 2 aromatic carbocycles. The number of ether oxygens (including phenoxy) is 3. The minimum atomic E-state index is -0.999. The number of benzene rings is 2. The van der Waals surface area contributed by atoms with Gasteiger partial charge >= 0.3 is 0 Å². The molecule has 11 nitrogen and oxygen atoms in total. The van der Waals surface area contributed by atoms with Crippen LogP contribution in [0.3, 0.4) is 0 Å². The number of carbonyl (C=O) groups excluding carboxylic acids is 2. The van der Waals surface area contributed by atoms with Crippen molar-refractivity contribution in [3.05, 3.63) is 59.9 Å². The maximum atomic E-state index is 13.8. The molecule has 2 amide bonds. The summed E-state index contributed by atoms with van der Waals surface area (Å²) in [6.07, 6.45) is 2.22. The highest BCUT2D eigenvalue weighted by atomic mass is 19.1. The quantitative estimate of drug-likeness (QED) is 0.302. The average molecular weight is 555 g/mol. The van der Waals surface area contributed by atoms with Crippen molar-refractivity contribution in [2.45, 2.75) is 44.9 Å². The van der Waals surface area contributed by atoms with Crippen molar-refractivity contribution in [1.29, 1.82) is 0 Å². The molecule has 1 aliphatic rings. The van der Waals surface area contributed by atoms with Crippen LogP contribution in [0.15, 0.2) is 48.5 Å². The van der Waals surface area contributed by atoms with Crippen LogP contribution in [-0.2, 0) is 25.6 Å². The second-order valence-corrected chi connectivity index (χ2v) is 9.34. The molecule has 0 bridgehead atoms. The third-order valence-electron chi connectivity index (χ3n) is 6.56. The van der Waals surface area contributed by atoms with Crippen LogP contribution in [0.4, 0.5) is 4.39 Å². The molecule has 214 valence electrons. The van der Waals surface area contributed by atoms with Gasteiger partial charge in [0, 0.05) is 38.5 Å². The summed E-state index contributed by atoms with van der Waals surface area (Å²) in [6, 6.07) is 11.7. The standard InChI is InChI=1S/C28H35FN6O5/c1-3-39-16-5-15-34(25(36)19-35-32-27(31-33-35)21-9-13-23(38-2)14-10-21)26(20-7-11-22(29)12-8-20)28(37)30-18-24-6-4-17-40-24/h7-14,24,26H,3-6,15-19H2,1-2H3,(H,30,37)/t24-,26-/m1/s1. The number of carbonyl (C=O) groups is 2. The Balaban J connectivity index is 1.55. The molecule has 0 saturated carbocycles. The summed E-state index contributed by atoms with van der Waals surface area (Å²) < 4.78 is 30.1. The van der Waals surface area contributed by atoms with E-state index in [1.54, 1.807) is 31.4 Å². The number of hydrogen-bond acceptors (Lipinski definition) is 8. The van der Waals surface area contributed by atoms with Gasteiger partial charge in [-0.2, -0.15) is 4.80 Å². The van der Waals surface area contributed by atoms with Crippen molar-refractivity contribution < 1.29 is 28.2 Å². The zero-order chi connectivity index (χ0) is 28.3. The first-order valence-electron chi connectivity index (χ1n) is 13.4. The molecule has 3 aromatic rings. The van der Waals surface area contributed by atoms with E-state index in [1.807, 2.05) is 6.92 Å². The van der Waals surface area contributed by atoms with Gasteiger partial charge in [0.15, 0.2) is 0 Å². The largest absolute Gasteiger partial charge is 0.497 e. The van der Waals surface area contributed by atoms with Gasteiger partial charge in [-0.1, -0.05) is 12.1 Å². The summed E-state index contributed by atoms with van der Waals surface area (Å²) in [7, 11) is 1.58. The van der Waals surface area contributed by atoms with E-state index >= 15 is 0 Å². The van der Waals surface area contributed by atoms with Gasteiger partial charge in [-0.05, 0) is 73.4 Å². The van der Waals surface area contributed by atoms with E-state index in [0.29, 0.717) is 55.5 Å². The first kappa shape index (κ1) is 29.1. The minimum Gasteiger partial charge on any atom is -0.497 e. The second kappa shape index (κ2) is 14.5. The lowest BCUT2D eigenvalue weighted by molar-refractivity contribution is -0.142. The summed E-state index contributed by atoms with van der Waals surface area (Å²) in [5.41, 5.74) is 1.20. The van der Waals surface area contributed by atoms with Crippen LogP contribution in [0.2, 0.25) is 0 Å². The maximum absolute atomic E-state index is 13.8. The fourth-order valence-corrected chi connectivity index (χ4v) is 4.49. The summed E-state index contributed by atoms with van der Waals surface area (Å²) in [6.45, 7) is 3.81. The number of hydrogen-bond donors (Lipinski definition) is 1. The topological polar surface area (TPSA) is 121 Å². The molecule has 12 heteroatoms. The van der Waals surface area contributed by atoms with Crippen molar-refractivity contribution in [3.63, 3.8) is 0 Å². The Hall–Kier alpha value is -3.90. The highest BCUT2D eigenvalue weighted by Gasteiger charge is 2.32. The van der Waals surface area contributed by atoms with E-state index in [1.165, 1.54) is 34.0 Å². The highest BCUT2D eigenvalue weighted by Crippen LogP contribution is 2.24. The number of nitrogens with zero attached hydrogens (tertiary/aromatic N) is 5. The number of tetrazole rings is 1. The number of halogens is 1. The summed E-state index contributed by atoms with van der Waals surface area (Å²) >= 11 is 0. The van der Waals surface area contributed by atoms with Gasteiger partial charge in [0.25, 0.3) is 0 Å². The van der Waals surface area contributed by atoms with Gasteiger partial charge in [0.2, 0.25) is 17.6 Å². The molecule has 0 aliphatic carbocycles. The van der Waals surface area contributed by atoms with Crippen LogP contribution in [0.5, 0.6) is 5.75 Å². The second-order valence-electron chi connectivity index (χ2n) is 9.34. The van der Waals surface area contributed by atoms with Crippen molar-refractivity contribution in [3.8, 4) is 17.1 Å². The smallest absolute Gasteiger partial charge is 0.247 e. The van der Waals surface area contributed by atoms with Crippen molar-refractivity contribution in [2.24, 2.45) is 0 Å². The maximum Gasteiger partial charge on any atom is 0.247 e. The first-order valence-corrected chi connectivity index (χ1v) is 13.4. The number of nitrogens with one attached hydrogen (secondary N) is 1. The van der Waals surface area contributed by atoms with E-state index in [9.17, 15) is 14.0 Å². The molecule has 0 unspecified atom stereocenters. The SMILES string of the molecule is CCOCCCN(C(=O)Cn1nnc(-c2ccc(OC)cc2)n1)[C@@H](C(=O)NC[C@H]1CCCO1)c1ccc(F)cc1. The number of rotatable bonds is 14. The molecular formula is C28H35FN6O5. The van der Waals surface area contributed by atoms with Crippen molar-refractivity contribution >= 4 is 11.8 Å². The molecule has 1 aliphatic heterocycles. The Morgan fingerprint density at radius 2 is 1.98 bits per heavy atom. The van der Waals surface area contributed by atoms with Crippen molar-refractivity contribution in [1.82, 2.24) is 30.4 Å². The normalized spacial score (nSPS) is 15.5. The van der Waals surface area contributed by atoms with Crippen LogP contribution < -0.4 is 10.1 Å². The Kier molecular flexibility index (Phi) is 10.5. The average Bonchev–Trinajstić information content (AvgIpc) is 3.67. The van der Waals surface area contributed by atoms with Gasteiger partial charge in [-0.25, -0.2) is 4.39 Å². The molecule has 4 rings (SSSR count). The molecule has 2 heterocycles. The summed E-state index contributed by atoms with van der Waals surface area (Å²) in [4.78, 5) is 29.9. The minimum absolute atomic E-state index is 0.0735. The molecule has 40 heavy (non-hydrogen) atoms. The van der Waals surface area contributed by atoms with Crippen LogP contribution >= 0.6 is 0 Å². The van der Waals surface area contributed by atoms with Gasteiger partial charge in [-0.3, -0.25) is 9.59 Å². The van der Waals surface area contributed by atoms with E-state index in [2.05, 4.69) is 20.7 Å². The van der Waals surface area contributed by atoms with Crippen LogP contribution in [-0.4, -0.2) is 83.0 Å². The molecular weight excluding hydrogens is 519 g/mol. The predicted octanol–water partition coefficient (Wildman–Crippen LogP) is 2.78. The van der Waals surface area contributed by atoms with Gasteiger partial charge in [0.05, 0.1) is 13.2 Å². The zero-order valence-corrected chi connectivity index (χ0v) is 22.8. The lowest BCUT2D eigenvalue weighted by Crippen LogP contribution is -2.47. The molecule has 1 fully saturated rings. The Bertz CT molecular complexity index is 1230. The first-order chi connectivity index (χ1) is 19.5. The Labute approximate surface area is 232 Å². The van der Waals surface area contributed by atoms with Crippen LogP contribution in [0.1, 0.15) is 37.8 Å². The molecule has 1 aromatic heterocycles. The predicted molar refractivity (Wildman–Crippen MR) is 144 cm³/mol. The van der Waals surface area contributed by atoms with Crippen LogP contribution in [0.25, 0.3) is 11.4 Å². The third-order valence-corrected chi connectivity index (χ3v) is 6.56. The summed E-state index contributed by atoms with van der Waals surface area (Å²) in [5.74, 6) is -0.162. The molecule has 2 atom stereocenters. The third kappa shape index (κ3) is 7.82. The number of amides is 2. The highest BCUT2D eigenvalue weighted by molar-refractivity contribution is 5.88. The lowest BCUT2D eigenvalue weighted by Gasteiger charge is -2.31. The molecule has 0 radical (unpaired) electrons. The number of aromatic nitrogens is 4. The fraction of sp³-hybridized carbons (Fsp3) is 0.464. The van der Waals surface area contributed by atoms with E-state index < -0.39 is 17.8 Å². The van der Waals surface area contributed by atoms with Gasteiger partial charge in [0.1, 0.15) is 24.2 Å². The molecule has 1 N–H and O–H groups in total. The summed E-state index contributed by atoms with van der Waals surface area (Å²) in [5, 5.41) is 15.4. The molecule has 0 spiro atoms. The van der Waals surface area contributed by atoms with E-state index in [0.717, 1.165) is 12.8 Å².